The standard InChI is InChI=1S/C27H22F9N5O/c1-3-42-23-7-5-4-6-22(23)21-9-8-18(25(28,29)30)12-17(21)15-41(24-37-39-40(2)38-24)14-16-10-19(26(31,32)33)13-20(11-16)27(34,35)36/h4-13H,3,14-15H2,1-2H3. The molecule has 15 heteroatoms. The van der Waals surface area contributed by atoms with Crippen LogP contribution in [0.1, 0.15) is 34.7 Å². The predicted octanol–water partition coefficient (Wildman–Crippen LogP) is 7.54. The zero-order chi connectivity index (χ0) is 30.9. The lowest BCUT2D eigenvalue weighted by Crippen LogP contribution is -2.25. The van der Waals surface area contributed by atoms with E-state index in [0.717, 1.165) is 21.8 Å². The molecule has 0 saturated heterocycles. The summed E-state index contributed by atoms with van der Waals surface area (Å²) in [6.45, 7) is 0.903. The highest BCUT2D eigenvalue weighted by atomic mass is 19.4. The average Bonchev–Trinajstić information content (AvgIpc) is 3.33. The van der Waals surface area contributed by atoms with Gasteiger partial charge in [0.05, 0.1) is 30.3 Å². The third kappa shape index (κ3) is 7.12. The van der Waals surface area contributed by atoms with Crippen LogP contribution in [0, 0.1) is 0 Å². The number of rotatable bonds is 8. The molecule has 0 aliphatic heterocycles. The molecular formula is C27H22F9N5O. The van der Waals surface area contributed by atoms with E-state index in [1.165, 1.54) is 13.1 Å². The molecule has 1 aromatic heterocycles. The molecule has 0 aliphatic carbocycles. The molecule has 0 unspecified atom stereocenters. The minimum atomic E-state index is -5.09. The lowest BCUT2D eigenvalue weighted by Gasteiger charge is -2.25. The Morgan fingerprint density at radius 3 is 1.90 bits per heavy atom. The van der Waals surface area contributed by atoms with Crippen LogP contribution < -0.4 is 9.64 Å². The fraction of sp³-hybridized carbons (Fsp3) is 0.296. The van der Waals surface area contributed by atoms with Gasteiger partial charge in [0.2, 0.25) is 0 Å². The van der Waals surface area contributed by atoms with E-state index < -0.39 is 53.9 Å². The first kappa shape index (κ1) is 30.7. The van der Waals surface area contributed by atoms with E-state index in [9.17, 15) is 39.5 Å². The molecule has 42 heavy (non-hydrogen) atoms. The van der Waals surface area contributed by atoms with Gasteiger partial charge in [0.25, 0.3) is 5.95 Å². The Morgan fingerprint density at radius 2 is 1.36 bits per heavy atom. The van der Waals surface area contributed by atoms with Gasteiger partial charge in [0, 0.05) is 18.7 Å². The van der Waals surface area contributed by atoms with Gasteiger partial charge >= 0.3 is 18.5 Å². The maximum Gasteiger partial charge on any atom is 0.416 e. The number of hydrogen-bond donors (Lipinski definition) is 0. The number of halogens is 9. The molecule has 4 aromatic rings. The summed E-state index contributed by atoms with van der Waals surface area (Å²) in [7, 11) is 1.37. The number of alkyl halides is 9. The van der Waals surface area contributed by atoms with Crippen LogP contribution in [0.25, 0.3) is 11.1 Å². The molecule has 0 spiro atoms. The van der Waals surface area contributed by atoms with Crippen LogP contribution >= 0.6 is 0 Å². The number of aromatic nitrogens is 4. The molecule has 0 bridgehead atoms. The smallest absolute Gasteiger partial charge is 0.416 e. The van der Waals surface area contributed by atoms with Crippen molar-refractivity contribution in [2.24, 2.45) is 7.05 Å². The van der Waals surface area contributed by atoms with Crippen molar-refractivity contribution in [1.82, 2.24) is 20.2 Å². The lowest BCUT2D eigenvalue weighted by atomic mass is 9.96. The number of hydrogen-bond acceptors (Lipinski definition) is 5. The van der Waals surface area contributed by atoms with Crippen molar-refractivity contribution in [3.05, 3.63) is 88.5 Å². The number of benzene rings is 3. The number of ether oxygens (including phenoxy) is 1. The van der Waals surface area contributed by atoms with Crippen LogP contribution in [-0.4, -0.2) is 26.8 Å². The van der Waals surface area contributed by atoms with E-state index in [2.05, 4.69) is 15.4 Å². The summed E-state index contributed by atoms with van der Waals surface area (Å²) in [5.41, 5.74) is -3.76. The van der Waals surface area contributed by atoms with Gasteiger partial charge in [0.15, 0.2) is 0 Å². The van der Waals surface area contributed by atoms with Gasteiger partial charge in [-0.2, -0.15) is 44.3 Å². The molecule has 6 nitrogen and oxygen atoms in total. The molecule has 0 saturated carbocycles. The van der Waals surface area contributed by atoms with Crippen molar-refractivity contribution in [3.63, 3.8) is 0 Å². The highest BCUT2D eigenvalue weighted by Gasteiger charge is 2.37. The molecule has 224 valence electrons. The molecule has 0 amide bonds. The third-order valence-electron chi connectivity index (χ3n) is 6.07. The van der Waals surface area contributed by atoms with Crippen LogP contribution in [0.15, 0.2) is 60.7 Å². The molecular weight excluding hydrogens is 581 g/mol. The maximum atomic E-state index is 13.7. The summed E-state index contributed by atoms with van der Waals surface area (Å²) >= 11 is 0. The Kier molecular flexibility index (Phi) is 8.41. The molecule has 0 aliphatic rings. The number of aryl methyl sites for hydroxylation is 1. The zero-order valence-corrected chi connectivity index (χ0v) is 21.9. The van der Waals surface area contributed by atoms with Gasteiger partial charge in [-0.3, -0.25) is 0 Å². The first-order valence-electron chi connectivity index (χ1n) is 12.3. The van der Waals surface area contributed by atoms with E-state index in [-0.39, 0.29) is 24.2 Å². The zero-order valence-electron chi connectivity index (χ0n) is 21.9. The second-order valence-corrected chi connectivity index (χ2v) is 9.15. The normalized spacial score (nSPS) is 12.5. The van der Waals surface area contributed by atoms with Crippen molar-refractivity contribution < 1.29 is 44.3 Å². The van der Waals surface area contributed by atoms with Gasteiger partial charge in [-0.05, 0) is 65.2 Å². The van der Waals surface area contributed by atoms with Crippen LogP contribution in [0.2, 0.25) is 0 Å². The minimum Gasteiger partial charge on any atom is -0.493 e. The number of para-hydroxylation sites is 1. The molecule has 1 heterocycles. The Balaban J connectivity index is 1.86. The highest BCUT2D eigenvalue weighted by molar-refractivity contribution is 5.74. The topological polar surface area (TPSA) is 56.1 Å². The van der Waals surface area contributed by atoms with E-state index >= 15 is 0 Å². The van der Waals surface area contributed by atoms with Crippen LogP contribution in [0.4, 0.5) is 45.5 Å². The Bertz CT molecular complexity index is 1510. The molecule has 0 fully saturated rings. The summed E-state index contributed by atoms with van der Waals surface area (Å²) in [6, 6.07) is 10.6. The van der Waals surface area contributed by atoms with Gasteiger partial charge < -0.3 is 9.64 Å². The highest BCUT2D eigenvalue weighted by Crippen LogP contribution is 2.39. The Hall–Kier alpha value is -4.30. The van der Waals surface area contributed by atoms with Crippen molar-refractivity contribution in [1.29, 1.82) is 0 Å². The lowest BCUT2D eigenvalue weighted by molar-refractivity contribution is -0.143. The van der Waals surface area contributed by atoms with Gasteiger partial charge in [-0.15, -0.1) is 5.10 Å². The van der Waals surface area contributed by atoms with Crippen LogP contribution in [-0.2, 0) is 38.7 Å². The summed E-state index contributed by atoms with van der Waals surface area (Å²) in [4.78, 5) is 2.14. The van der Waals surface area contributed by atoms with E-state index in [4.69, 9.17) is 4.74 Å². The van der Waals surface area contributed by atoms with Gasteiger partial charge in [-0.25, -0.2) is 0 Å². The van der Waals surface area contributed by atoms with Crippen LogP contribution in [0.5, 0.6) is 5.75 Å². The predicted molar refractivity (Wildman–Crippen MR) is 133 cm³/mol. The van der Waals surface area contributed by atoms with E-state index in [1.807, 2.05) is 0 Å². The molecule has 0 N–H and O–H groups in total. The molecule has 0 atom stereocenters. The van der Waals surface area contributed by atoms with E-state index in [1.54, 1.807) is 31.2 Å². The first-order chi connectivity index (χ1) is 19.6. The largest absolute Gasteiger partial charge is 0.493 e. The summed E-state index contributed by atoms with van der Waals surface area (Å²) < 4.78 is 128. The first-order valence-corrected chi connectivity index (χ1v) is 12.3. The summed E-state index contributed by atoms with van der Waals surface area (Å²) in [5, 5.41) is 11.5. The maximum absolute atomic E-state index is 13.7. The quantitative estimate of drug-likeness (QED) is 0.195. The molecule has 4 rings (SSSR count). The van der Waals surface area contributed by atoms with Crippen molar-refractivity contribution >= 4 is 5.95 Å². The van der Waals surface area contributed by atoms with Crippen LogP contribution in [0.3, 0.4) is 0 Å². The van der Waals surface area contributed by atoms with Gasteiger partial charge in [0.1, 0.15) is 5.75 Å². The molecule has 0 radical (unpaired) electrons. The SMILES string of the molecule is CCOc1ccccc1-c1ccc(C(F)(F)F)cc1CN(Cc1cc(C(F)(F)F)cc(C(F)(F)F)c1)c1nnn(C)n1. The van der Waals surface area contributed by atoms with E-state index in [0.29, 0.717) is 29.0 Å². The summed E-state index contributed by atoms with van der Waals surface area (Å²) in [6.07, 6.45) is -14.9. The number of tetrazole rings is 1. The number of nitrogens with zero attached hydrogens (tertiary/aromatic N) is 5. The van der Waals surface area contributed by atoms with Gasteiger partial charge in [-0.1, -0.05) is 29.4 Å². The fourth-order valence-electron chi connectivity index (χ4n) is 4.27. The summed E-state index contributed by atoms with van der Waals surface area (Å²) in [5.74, 6) is 0.128. The Morgan fingerprint density at radius 1 is 0.738 bits per heavy atom. The van der Waals surface area contributed by atoms with Crippen molar-refractivity contribution in [3.8, 4) is 16.9 Å². The van der Waals surface area contributed by atoms with Crippen molar-refractivity contribution in [2.75, 3.05) is 11.5 Å². The minimum absolute atomic E-state index is 0.00994. The second kappa shape index (κ2) is 11.5. The van der Waals surface area contributed by atoms with Crippen molar-refractivity contribution in [2.45, 2.75) is 38.5 Å². The second-order valence-electron chi connectivity index (χ2n) is 9.15. The fourth-order valence-corrected chi connectivity index (χ4v) is 4.27. The monoisotopic (exact) mass is 603 g/mol. The molecule has 3 aromatic carbocycles. The average molecular weight is 603 g/mol. The number of anilines is 1. The third-order valence-corrected chi connectivity index (χ3v) is 6.07. The Labute approximate surface area is 233 Å².